The van der Waals surface area contributed by atoms with E-state index in [1.54, 1.807) is 26.4 Å². The summed E-state index contributed by atoms with van der Waals surface area (Å²) in [5.41, 5.74) is 3.53. The van der Waals surface area contributed by atoms with Crippen LogP contribution < -0.4 is 4.74 Å². The third-order valence-electron chi connectivity index (χ3n) is 4.43. The van der Waals surface area contributed by atoms with Crippen LogP contribution in [-0.2, 0) is 6.61 Å². The normalized spacial score (nSPS) is 12.3. The number of rotatable bonds is 6. The molecule has 27 heavy (non-hydrogen) atoms. The van der Waals surface area contributed by atoms with Gasteiger partial charge in [0.25, 0.3) is 0 Å². The topological polar surface area (TPSA) is 74.9 Å². The van der Waals surface area contributed by atoms with Gasteiger partial charge in [-0.05, 0) is 30.2 Å². The third-order valence-corrected chi connectivity index (χ3v) is 4.43. The Labute approximate surface area is 158 Å². The maximum atomic E-state index is 10.4. The van der Waals surface area contributed by atoms with Crippen LogP contribution in [0.25, 0.3) is 0 Å². The van der Waals surface area contributed by atoms with E-state index in [2.05, 4.69) is 4.98 Å². The third kappa shape index (κ3) is 4.15. The van der Waals surface area contributed by atoms with Gasteiger partial charge >= 0.3 is 0 Å². The molecular weight excluding hydrogens is 340 g/mol. The van der Waals surface area contributed by atoms with E-state index in [1.165, 1.54) is 0 Å². The molecule has 0 unspecified atom stereocenters. The Kier molecular flexibility index (Phi) is 5.84. The van der Waals surface area contributed by atoms with Crippen molar-refractivity contribution < 1.29 is 14.9 Å². The van der Waals surface area contributed by atoms with Crippen molar-refractivity contribution in [2.45, 2.75) is 19.6 Å². The monoisotopic (exact) mass is 362 g/mol. The lowest BCUT2D eigenvalue weighted by atomic mass is 9.99. The molecule has 138 valence electrons. The Morgan fingerprint density at radius 2 is 1.74 bits per heavy atom. The van der Waals surface area contributed by atoms with Gasteiger partial charge in [-0.25, -0.2) is 0 Å². The van der Waals surface area contributed by atoms with Crippen molar-refractivity contribution in [3.05, 3.63) is 88.7 Å². The van der Waals surface area contributed by atoms with Crippen LogP contribution in [0.2, 0.25) is 0 Å². The molecule has 0 spiro atoms. The second-order valence-corrected chi connectivity index (χ2v) is 6.15. The molecule has 0 aliphatic rings. The average molecular weight is 362 g/mol. The number of aliphatic hydroxyl groups excluding tert-OH is 1. The van der Waals surface area contributed by atoms with Crippen LogP contribution in [0.15, 0.2) is 65.8 Å². The van der Waals surface area contributed by atoms with Gasteiger partial charge in [-0.1, -0.05) is 42.5 Å². The number of aliphatic imine (C=N–C) groups is 1. The number of aliphatic hydroxyl groups is 1. The molecular formula is C22H22N2O3. The van der Waals surface area contributed by atoms with Gasteiger partial charge < -0.3 is 14.9 Å². The number of hydrogen-bond acceptors (Lipinski definition) is 5. The fourth-order valence-electron chi connectivity index (χ4n) is 2.86. The molecule has 0 radical (unpaired) electrons. The van der Waals surface area contributed by atoms with E-state index in [9.17, 15) is 10.2 Å². The van der Waals surface area contributed by atoms with Crippen molar-refractivity contribution in [1.82, 2.24) is 4.98 Å². The van der Waals surface area contributed by atoms with Gasteiger partial charge in [-0.3, -0.25) is 9.98 Å². The summed E-state index contributed by atoms with van der Waals surface area (Å²) in [4.78, 5) is 8.82. The highest BCUT2D eigenvalue weighted by molar-refractivity contribution is 5.86. The fourth-order valence-corrected chi connectivity index (χ4v) is 2.86. The summed E-state index contributed by atoms with van der Waals surface area (Å²) in [6.45, 7) is 1.49. The van der Waals surface area contributed by atoms with Crippen molar-refractivity contribution in [2.75, 3.05) is 7.11 Å². The van der Waals surface area contributed by atoms with Gasteiger partial charge in [0.05, 0.1) is 25.5 Å². The first kappa shape index (κ1) is 18.6. The molecule has 5 nitrogen and oxygen atoms in total. The Morgan fingerprint density at radius 3 is 2.37 bits per heavy atom. The van der Waals surface area contributed by atoms with Crippen LogP contribution in [0, 0.1) is 6.92 Å². The molecule has 2 N–H and O–H groups in total. The Bertz CT molecular complexity index is 922. The molecule has 1 atom stereocenters. The number of aromatic hydroxyl groups is 1. The molecule has 0 bridgehead atoms. The summed E-state index contributed by atoms with van der Waals surface area (Å²) in [6.07, 6.45) is 3.17. The largest absolute Gasteiger partial charge is 0.505 e. The minimum absolute atomic E-state index is 0.0341. The fraction of sp³-hybridized carbons (Fsp3) is 0.182. The zero-order valence-corrected chi connectivity index (χ0v) is 15.3. The van der Waals surface area contributed by atoms with E-state index < -0.39 is 0 Å². The number of hydrogen-bond donors (Lipinski definition) is 2. The molecule has 0 saturated carbocycles. The van der Waals surface area contributed by atoms with E-state index in [0.29, 0.717) is 16.8 Å². The van der Waals surface area contributed by atoms with Crippen LogP contribution in [0.3, 0.4) is 0 Å². The Balaban J connectivity index is 2.04. The van der Waals surface area contributed by atoms with E-state index in [1.807, 2.05) is 54.6 Å². The Morgan fingerprint density at radius 1 is 1.07 bits per heavy atom. The molecule has 1 heterocycles. The molecule has 0 amide bonds. The van der Waals surface area contributed by atoms with Gasteiger partial charge in [0, 0.05) is 23.5 Å². The average Bonchev–Trinajstić information content (AvgIpc) is 2.72. The summed E-state index contributed by atoms with van der Waals surface area (Å²) in [6, 6.07) is 17.4. The van der Waals surface area contributed by atoms with Crippen molar-refractivity contribution >= 4 is 6.21 Å². The SMILES string of the molecule is COc1ccc([C@H](N=Cc2c(CO)cnc(C)c2O)c2ccccc2)cc1. The summed E-state index contributed by atoms with van der Waals surface area (Å²) in [5, 5.41) is 19.9. The lowest BCUT2D eigenvalue weighted by molar-refractivity contribution is 0.280. The first-order valence-corrected chi connectivity index (χ1v) is 8.64. The van der Waals surface area contributed by atoms with Gasteiger partial charge in [0.2, 0.25) is 0 Å². The van der Waals surface area contributed by atoms with Crippen LogP contribution in [0.4, 0.5) is 0 Å². The highest BCUT2D eigenvalue weighted by Gasteiger charge is 2.14. The molecule has 0 fully saturated rings. The minimum atomic E-state index is -0.253. The zero-order valence-electron chi connectivity index (χ0n) is 15.3. The molecule has 5 heteroatoms. The maximum Gasteiger partial charge on any atom is 0.145 e. The number of methoxy groups -OCH3 is 1. The predicted molar refractivity (Wildman–Crippen MR) is 105 cm³/mol. The lowest BCUT2D eigenvalue weighted by Crippen LogP contribution is -2.02. The van der Waals surface area contributed by atoms with Crippen LogP contribution >= 0.6 is 0 Å². The van der Waals surface area contributed by atoms with Crippen LogP contribution in [0.1, 0.15) is 34.0 Å². The molecule has 0 saturated heterocycles. The molecule has 3 aromatic rings. The smallest absolute Gasteiger partial charge is 0.145 e. The summed E-state index contributed by atoms with van der Waals surface area (Å²) in [7, 11) is 1.63. The highest BCUT2D eigenvalue weighted by Crippen LogP contribution is 2.29. The molecule has 1 aromatic heterocycles. The van der Waals surface area contributed by atoms with Crippen molar-refractivity contribution in [3.63, 3.8) is 0 Å². The maximum absolute atomic E-state index is 10.4. The summed E-state index contributed by atoms with van der Waals surface area (Å²) in [5.74, 6) is 0.811. The molecule has 2 aromatic carbocycles. The molecule has 0 aliphatic heterocycles. The number of nitrogens with zero attached hydrogens (tertiary/aromatic N) is 2. The van der Waals surface area contributed by atoms with Gasteiger partial charge in [0.1, 0.15) is 11.5 Å². The van der Waals surface area contributed by atoms with E-state index in [4.69, 9.17) is 9.73 Å². The standard InChI is InChI=1S/C22H22N2O3/c1-15-22(26)20(18(14-25)12-23-15)13-24-21(16-6-4-3-5-7-16)17-8-10-19(27-2)11-9-17/h3-13,21,25-26H,14H2,1-2H3/t21-/m1/s1. The summed E-state index contributed by atoms with van der Waals surface area (Å²) >= 11 is 0. The summed E-state index contributed by atoms with van der Waals surface area (Å²) < 4.78 is 5.24. The number of aromatic nitrogens is 1. The van der Waals surface area contributed by atoms with Gasteiger partial charge in [-0.2, -0.15) is 0 Å². The zero-order chi connectivity index (χ0) is 19.2. The quantitative estimate of drug-likeness (QED) is 0.654. The molecule has 0 aliphatic carbocycles. The lowest BCUT2D eigenvalue weighted by Gasteiger charge is -2.15. The molecule has 3 rings (SSSR count). The van der Waals surface area contributed by atoms with E-state index in [-0.39, 0.29) is 18.4 Å². The van der Waals surface area contributed by atoms with Crippen molar-refractivity contribution in [1.29, 1.82) is 0 Å². The Hall–Kier alpha value is -3.18. The first-order valence-electron chi connectivity index (χ1n) is 8.64. The van der Waals surface area contributed by atoms with E-state index >= 15 is 0 Å². The second kappa shape index (κ2) is 8.47. The van der Waals surface area contributed by atoms with E-state index in [0.717, 1.165) is 16.9 Å². The number of pyridine rings is 1. The number of aryl methyl sites for hydroxylation is 1. The first-order chi connectivity index (χ1) is 13.1. The van der Waals surface area contributed by atoms with Crippen LogP contribution in [0.5, 0.6) is 11.5 Å². The van der Waals surface area contributed by atoms with Crippen molar-refractivity contribution in [3.8, 4) is 11.5 Å². The second-order valence-electron chi connectivity index (χ2n) is 6.15. The van der Waals surface area contributed by atoms with Gasteiger partial charge in [0.15, 0.2) is 0 Å². The number of benzene rings is 2. The predicted octanol–water partition coefficient (Wildman–Crippen LogP) is 3.81. The van der Waals surface area contributed by atoms with Gasteiger partial charge in [-0.15, -0.1) is 0 Å². The minimum Gasteiger partial charge on any atom is -0.505 e. The highest BCUT2D eigenvalue weighted by atomic mass is 16.5. The van der Waals surface area contributed by atoms with Crippen LogP contribution in [-0.4, -0.2) is 28.5 Å². The number of ether oxygens (including phenoxy) is 1. The van der Waals surface area contributed by atoms with Crippen molar-refractivity contribution in [2.24, 2.45) is 4.99 Å².